The van der Waals surface area contributed by atoms with Gasteiger partial charge in [0.1, 0.15) is 0 Å². The molecule has 116 valence electrons. The fourth-order valence-corrected chi connectivity index (χ4v) is 4.01. The molecule has 2 amide bonds. The van der Waals surface area contributed by atoms with Crippen molar-refractivity contribution in [3.63, 3.8) is 0 Å². The first kappa shape index (κ1) is 14.3. The molecule has 23 heavy (non-hydrogen) atoms. The summed E-state index contributed by atoms with van der Waals surface area (Å²) >= 11 is 1.55. The SMILES string of the molecule is O=C1Nc2cc(C(=O)N3CCCC3)ccc2Sc2ccccc21. The van der Waals surface area contributed by atoms with Gasteiger partial charge >= 0.3 is 0 Å². The fourth-order valence-electron chi connectivity index (χ4n) is 3.00. The van der Waals surface area contributed by atoms with E-state index in [2.05, 4.69) is 5.32 Å². The maximum Gasteiger partial charge on any atom is 0.256 e. The van der Waals surface area contributed by atoms with Crippen LogP contribution in [0.2, 0.25) is 0 Å². The number of benzene rings is 2. The summed E-state index contributed by atoms with van der Waals surface area (Å²) in [5.74, 6) is -0.0797. The van der Waals surface area contributed by atoms with Crippen molar-refractivity contribution < 1.29 is 9.59 Å². The van der Waals surface area contributed by atoms with Crippen molar-refractivity contribution in [2.75, 3.05) is 18.4 Å². The summed E-state index contributed by atoms with van der Waals surface area (Å²) in [7, 11) is 0. The molecule has 0 bridgehead atoms. The van der Waals surface area contributed by atoms with Gasteiger partial charge in [0.15, 0.2) is 0 Å². The Balaban J connectivity index is 1.69. The third-order valence-electron chi connectivity index (χ3n) is 4.22. The molecule has 0 atom stereocenters. The Labute approximate surface area is 138 Å². The first-order valence-electron chi connectivity index (χ1n) is 7.74. The number of nitrogens with zero attached hydrogens (tertiary/aromatic N) is 1. The Morgan fingerprint density at radius 2 is 1.83 bits per heavy atom. The van der Waals surface area contributed by atoms with Gasteiger partial charge in [0, 0.05) is 28.4 Å². The van der Waals surface area contributed by atoms with E-state index in [4.69, 9.17) is 0 Å². The predicted molar refractivity (Wildman–Crippen MR) is 90.1 cm³/mol. The molecule has 2 aliphatic rings. The lowest BCUT2D eigenvalue weighted by Gasteiger charge is -2.16. The van der Waals surface area contributed by atoms with Crippen molar-refractivity contribution in [3.8, 4) is 0 Å². The number of carbonyl (C=O) groups excluding carboxylic acids is 2. The summed E-state index contributed by atoms with van der Waals surface area (Å²) < 4.78 is 0. The minimum Gasteiger partial charge on any atom is -0.339 e. The lowest BCUT2D eigenvalue weighted by atomic mass is 10.1. The normalized spacial score (nSPS) is 16.3. The number of fused-ring (bicyclic) bond motifs is 2. The second kappa shape index (κ2) is 5.74. The number of carbonyl (C=O) groups is 2. The average molecular weight is 324 g/mol. The number of hydrogen-bond acceptors (Lipinski definition) is 3. The largest absolute Gasteiger partial charge is 0.339 e. The Morgan fingerprint density at radius 3 is 2.65 bits per heavy atom. The quantitative estimate of drug-likeness (QED) is 0.871. The summed E-state index contributed by atoms with van der Waals surface area (Å²) in [4.78, 5) is 28.7. The van der Waals surface area contributed by atoms with E-state index in [1.807, 2.05) is 41.3 Å². The molecule has 1 fully saturated rings. The fraction of sp³-hybridized carbons (Fsp3) is 0.222. The van der Waals surface area contributed by atoms with E-state index in [9.17, 15) is 9.59 Å². The van der Waals surface area contributed by atoms with Crippen LogP contribution in [0.5, 0.6) is 0 Å². The van der Waals surface area contributed by atoms with Crippen LogP contribution < -0.4 is 5.32 Å². The second-order valence-corrected chi connectivity index (χ2v) is 6.85. The second-order valence-electron chi connectivity index (χ2n) is 5.76. The molecule has 4 rings (SSSR count). The van der Waals surface area contributed by atoms with E-state index in [0.29, 0.717) is 16.8 Å². The van der Waals surface area contributed by atoms with E-state index in [0.717, 1.165) is 35.7 Å². The molecule has 2 aromatic rings. The van der Waals surface area contributed by atoms with Crippen LogP contribution >= 0.6 is 11.8 Å². The molecule has 2 aliphatic heterocycles. The molecule has 1 N–H and O–H groups in total. The lowest BCUT2D eigenvalue weighted by Crippen LogP contribution is -2.27. The Morgan fingerprint density at radius 1 is 1.04 bits per heavy atom. The monoisotopic (exact) mass is 324 g/mol. The van der Waals surface area contributed by atoms with Crippen molar-refractivity contribution in [2.24, 2.45) is 0 Å². The molecule has 2 aromatic carbocycles. The average Bonchev–Trinajstić information content (AvgIpc) is 3.06. The summed E-state index contributed by atoms with van der Waals surface area (Å²) in [5.41, 5.74) is 2.01. The standard InChI is InChI=1S/C18H16N2O2S/c21-17-13-5-1-2-6-15(13)23-16-8-7-12(11-14(16)19-17)18(22)20-9-3-4-10-20/h1-2,5-8,11H,3-4,9-10H2,(H,19,21). The van der Waals surface area contributed by atoms with Crippen LogP contribution in [0.15, 0.2) is 52.3 Å². The molecular weight excluding hydrogens is 308 g/mol. The van der Waals surface area contributed by atoms with Crippen LogP contribution in [0.25, 0.3) is 0 Å². The third-order valence-corrected chi connectivity index (χ3v) is 5.37. The van der Waals surface area contributed by atoms with Gasteiger partial charge in [-0.05, 0) is 43.2 Å². The van der Waals surface area contributed by atoms with Gasteiger partial charge in [-0.3, -0.25) is 9.59 Å². The minimum atomic E-state index is -0.127. The summed E-state index contributed by atoms with van der Waals surface area (Å²) in [6, 6.07) is 13.1. The number of amides is 2. The first-order valence-corrected chi connectivity index (χ1v) is 8.55. The zero-order valence-electron chi connectivity index (χ0n) is 12.5. The smallest absolute Gasteiger partial charge is 0.256 e. The van der Waals surface area contributed by atoms with Gasteiger partial charge in [-0.15, -0.1) is 0 Å². The molecule has 2 heterocycles. The molecular formula is C18H16N2O2S. The van der Waals surface area contributed by atoms with Crippen LogP contribution in [0.1, 0.15) is 33.6 Å². The Kier molecular flexibility index (Phi) is 3.58. The van der Waals surface area contributed by atoms with E-state index in [1.54, 1.807) is 17.8 Å². The number of rotatable bonds is 1. The highest BCUT2D eigenvalue weighted by Crippen LogP contribution is 2.39. The summed E-state index contributed by atoms with van der Waals surface area (Å²) in [6.45, 7) is 1.64. The molecule has 0 radical (unpaired) electrons. The van der Waals surface area contributed by atoms with Gasteiger partial charge in [0.25, 0.3) is 11.8 Å². The summed E-state index contributed by atoms with van der Waals surface area (Å²) in [5, 5.41) is 2.93. The number of likely N-dealkylation sites (tertiary alicyclic amines) is 1. The highest BCUT2D eigenvalue weighted by Gasteiger charge is 2.23. The van der Waals surface area contributed by atoms with E-state index in [-0.39, 0.29) is 11.8 Å². The maximum atomic E-state index is 12.5. The minimum absolute atomic E-state index is 0.0475. The van der Waals surface area contributed by atoms with Crippen molar-refractivity contribution in [1.29, 1.82) is 0 Å². The molecule has 0 unspecified atom stereocenters. The van der Waals surface area contributed by atoms with Crippen molar-refractivity contribution >= 4 is 29.3 Å². The van der Waals surface area contributed by atoms with E-state index in [1.165, 1.54) is 0 Å². The topological polar surface area (TPSA) is 49.4 Å². The molecule has 0 spiro atoms. The number of hydrogen-bond donors (Lipinski definition) is 1. The van der Waals surface area contributed by atoms with Crippen molar-refractivity contribution in [1.82, 2.24) is 4.90 Å². The van der Waals surface area contributed by atoms with Crippen LogP contribution in [-0.2, 0) is 0 Å². The molecule has 5 heteroatoms. The van der Waals surface area contributed by atoms with Gasteiger partial charge < -0.3 is 10.2 Å². The molecule has 0 aromatic heterocycles. The molecule has 0 saturated carbocycles. The predicted octanol–water partition coefficient (Wildman–Crippen LogP) is 3.64. The lowest BCUT2D eigenvalue weighted by molar-refractivity contribution is 0.0792. The van der Waals surface area contributed by atoms with Gasteiger partial charge in [-0.2, -0.15) is 0 Å². The number of anilines is 1. The Hall–Kier alpha value is -2.27. The highest BCUT2D eigenvalue weighted by molar-refractivity contribution is 7.99. The molecule has 1 saturated heterocycles. The molecule has 0 aliphatic carbocycles. The van der Waals surface area contributed by atoms with Crippen molar-refractivity contribution in [3.05, 3.63) is 53.6 Å². The van der Waals surface area contributed by atoms with E-state index < -0.39 is 0 Å². The zero-order valence-corrected chi connectivity index (χ0v) is 13.4. The van der Waals surface area contributed by atoms with Gasteiger partial charge in [0.05, 0.1) is 11.3 Å². The third kappa shape index (κ3) is 2.61. The zero-order chi connectivity index (χ0) is 15.8. The van der Waals surface area contributed by atoms with Crippen LogP contribution in [0, 0.1) is 0 Å². The maximum absolute atomic E-state index is 12.5. The van der Waals surface area contributed by atoms with Gasteiger partial charge in [0.2, 0.25) is 0 Å². The summed E-state index contributed by atoms with van der Waals surface area (Å²) in [6.07, 6.45) is 2.14. The molecule has 4 nitrogen and oxygen atoms in total. The first-order chi connectivity index (χ1) is 11.2. The Bertz CT molecular complexity index is 797. The van der Waals surface area contributed by atoms with Gasteiger partial charge in [-0.1, -0.05) is 23.9 Å². The van der Waals surface area contributed by atoms with Crippen LogP contribution in [-0.4, -0.2) is 29.8 Å². The highest BCUT2D eigenvalue weighted by atomic mass is 32.2. The van der Waals surface area contributed by atoms with Crippen LogP contribution in [0.4, 0.5) is 5.69 Å². The van der Waals surface area contributed by atoms with Crippen LogP contribution in [0.3, 0.4) is 0 Å². The van der Waals surface area contributed by atoms with Crippen molar-refractivity contribution in [2.45, 2.75) is 22.6 Å². The van der Waals surface area contributed by atoms with Gasteiger partial charge in [-0.25, -0.2) is 0 Å². The van der Waals surface area contributed by atoms with E-state index >= 15 is 0 Å². The number of nitrogens with one attached hydrogen (secondary N) is 1.